The Hall–Kier alpha value is -0.950. The number of carboxylic acid groups (broad SMARTS) is 1. The van der Waals surface area contributed by atoms with E-state index in [1.807, 2.05) is 6.26 Å². The lowest BCUT2D eigenvalue weighted by atomic mass is 10.3. The first-order valence-corrected chi connectivity index (χ1v) is 6.77. The van der Waals surface area contributed by atoms with E-state index >= 15 is 0 Å². The summed E-state index contributed by atoms with van der Waals surface area (Å²) in [6.45, 7) is 0.555. The van der Waals surface area contributed by atoms with Gasteiger partial charge < -0.3 is 20.5 Å². The van der Waals surface area contributed by atoms with Crippen LogP contribution in [0.15, 0.2) is 0 Å². The van der Waals surface area contributed by atoms with Crippen molar-refractivity contribution in [1.82, 2.24) is 10.6 Å². The van der Waals surface area contributed by atoms with Crippen molar-refractivity contribution in [3.63, 3.8) is 0 Å². The number of nitrogens with one attached hydrogen (secondary N) is 2. The van der Waals surface area contributed by atoms with Crippen LogP contribution in [0.1, 0.15) is 12.8 Å². The lowest BCUT2D eigenvalue weighted by Gasteiger charge is -2.12. The van der Waals surface area contributed by atoms with E-state index in [2.05, 4.69) is 15.4 Å². The number of carbonyl (C=O) groups is 2. The SMILES string of the molecule is COC(CNC(=O)NCCCCSC)C(=O)O. The minimum Gasteiger partial charge on any atom is -0.479 e. The Balaban J connectivity index is 3.55. The highest BCUT2D eigenvalue weighted by Gasteiger charge is 2.16. The van der Waals surface area contributed by atoms with E-state index in [4.69, 9.17) is 5.11 Å². The Labute approximate surface area is 105 Å². The summed E-state index contributed by atoms with van der Waals surface area (Å²) >= 11 is 1.77. The molecule has 0 fully saturated rings. The van der Waals surface area contributed by atoms with Gasteiger partial charge >= 0.3 is 12.0 Å². The molecule has 3 N–H and O–H groups in total. The third-order valence-electron chi connectivity index (χ3n) is 2.07. The first-order chi connectivity index (χ1) is 8.11. The van der Waals surface area contributed by atoms with Crippen molar-refractivity contribution >= 4 is 23.8 Å². The summed E-state index contributed by atoms with van der Waals surface area (Å²) < 4.78 is 4.67. The predicted molar refractivity (Wildman–Crippen MR) is 67.5 cm³/mol. The van der Waals surface area contributed by atoms with E-state index in [0.29, 0.717) is 6.54 Å². The van der Waals surface area contributed by atoms with Crippen molar-refractivity contribution in [3.05, 3.63) is 0 Å². The molecule has 0 saturated carbocycles. The Morgan fingerprint density at radius 3 is 2.59 bits per heavy atom. The molecule has 0 bridgehead atoms. The predicted octanol–water partition coefficient (Wildman–Crippen LogP) is 0.528. The Kier molecular flexibility index (Phi) is 9.65. The molecule has 7 heteroatoms. The summed E-state index contributed by atoms with van der Waals surface area (Å²) in [6.07, 6.45) is 3.01. The van der Waals surface area contributed by atoms with Gasteiger partial charge in [0.25, 0.3) is 0 Å². The van der Waals surface area contributed by atoms with Gasteiger partial charge in [-0.3, -0.25) is 0 Å². The van der Waals surface area contributed by atoms with Gasteiger partial charge in [-0.25, -0.2) is 9.59 Å². The quantitative estimate of drug-likeness (QED) is 0.529. The van der Waals surface area contributed by atoms with E-state index in [0.717, 1.165) is 18.6 Å². The van der Waals surface area contributed by atoms with Gasteiger partial charge in [-0.1, -0.05) is 0 Å². The minimum absolute atomic E-state index is 0.0392. The maximum Gasteiger partial charge on any atom is 0.334 e. The summed E-state index contributed by atoms with van der Waals surface area (Å²) in [5.41, 5.74) is 0. The lowest BCUT2D eigenvalue weighted by molar-refractivity contribution is -0.147. The number of urea groups is 1. The summed E-state index contributed by atoms with van der Waals surface area (Å²) in [5, 5.41) is 13.8. The van der Waals surface area contributed by atoms with Crippen LogP contribution in [0.5, 0.6) is 0 Å². The largest absolute Gasteiger partial charge is 0.479 e. The highest BCUT2D eigenvalue weighted by molar-refractivity contribution is 7.98. The summed E-state index contributed by atoms with van der Waals surface area (Å²) in [4.78, 5) is 21.8. The second kappa shape index (κ2) is 10.2. The maximum absolute atomic E-state index is 11.2. The molecule has 17 heavy (non-hydrogen) atoms. The van der Waals surface area contributed by atoms with Crippen LogP contribution in [0, 0.1) is 0 Å². The zero-order chi connectivity index (χ0) is 13.1. The minimum atomic E-state index is -1.09. The van der Waals surface area contributed by atoms with Gasteiger partial charge in [0.05, 0.1) is 6.54 Å². The first kappa shape index (κ1) is 16.1. The van der Waals surface area contributed by atoms with E-state index in [9.17, 15) is 9.59 Å². The van der Waals surface area contributed by atoms with Crippen LogP contribution in [-0.4, -0.2) is 55.4 Å². The second-order valence-corrected chi connectivity index (χ2v) is 4.38. The molecule has 0 aliphatic heterocycles. The number of unbranched alkanes of at least 4 members (excludes halogenated alkanes) is 1. The Morgan fingerprint density at radius 1 is 1.35 bits per heavy atom. The smallest absolute Gasteiger partial charge is 0.334 e. The van der Waals surface area contributed by atoms with E-state index in [1.54, 1.807) is 11.8 Å². The van der Waals surface area contributed by atoms with E-state index in [-0.39, 0.29) is 12.6 Å². The van der Waals surface area contributed by atoms with Crippen molar-refractivity contribution in [1.29, 1.82) is 0 Å². The van der Waals surface area contributed by atoms with Crippen LogP contribution >= 0.6 is 11.8 Å². The molecule has 1 atom stereocenters. The van der Waals surface area contributed by atoms with Crippen LogP contribution in [0.4, 0.5) is 4.79 Å². The molecule has 2 amide bonds. The number of amides is 2. The molecule has 0 spiro atoms. The topological polar surface area (TPSA) is 87.7 Å². The zero-order valence-electron chi connectivity index (χ0n) is 10.2. The molecule has 100 valence electrons. The fraction of sp³-hybridized carbons (Fsp3) is 0.800. The third-order valence-corrected chi connectivity index (χ3v) is 2.77. The highest BCUT2D eigenvalue weighted by atomic mass is 32.2. The molecule has 0 aromatic heterocycles. The standard InChI is InChI=1S/C10H20N2O4S/c1-16-8(9(13)14)7-12-10(15)11-5-3-4-6-17-2/h8H,3-7H2,1-2H3,(H,13,14)(H2,11,12,15). The fourth-order valence-electron chi connectivity index (χ4n) is 1.09. The second-order valence-electron chi connectivity index (χ2n) is 3.40. The molecule has 1 unspecified atom stereocenters. The van der Waals surface area contributed by atoms with Gasteiger partial charge in [-0.15, -0.1) is 0 Å². The number of methoxy groups -OCH3 is 1. The van der Waals surface area contributed by atoms with Crippen LogP contribution in [0.3, 0.4) is 0 Å². The number of rotatable bonds is 9. The number of carbonyl (C=O) groups excluding carboxylic acids is 1. The third kappa shape index (κ3) is 8.82. The maximum atomic E-state index is 11.2. The monoisotopic (exact) mass is 264 g/mol. The van der Waals surface area contributed by atoms with Crippen molar-refractivity contribution in [2.45, 2.75) is 18.9 Å². The van der Waals surface area contributed by atoms with Crippen LogP contribution in [-0.2, 0) is 9.53 Å². The number of hydrogen-bond donors (Lipinski definition) is 3. The molecule has 0 heterocycles. The van der Waals surface area contributed by atoms with Crippen LogP contribution < -0.4 is 10.6 Å². The van der Waals surface area contributed by atoms with Crippen LogP contribution in [0.2, 0.25) is 0 Å². The van der Waals surface area contributed by atoms with Crippen LogP contribution in [0.25, 0.3) is 0 Å². The number of thioether (sulfide) groups is 1. The lowest BCUT2D eigenvalue weighted by Crippen LogP contribution is -2.43. The molecule has 0 saturated heterocycles. The van der Waals surface area contributed by atoms with Gasteiger partial charge in [-0.2, -0.15) is 11.8 Å². The number of aliphatic carboxylic acids is 1. The Morgan fingerprint density at radius 2 is 2.06 bits per heavy atom. The van der Waals surface area contributed by atoms with E-state index in [1.165, 1.54) is 7.11 Å². The fourth-order valence-corrected chi connectivity index (χ4v) is 1.59. The summed E-state index contributed by atoms with van der Waals surface area (Å²) in [5.74, 6) is -0.0126. The average Bonchev–Trinajstić information content (AvgIpc) is 2.29. The zero-order valence-corrected chi connectivity index (χ0v) is 11.0. The molecular weight excluding hydrogens is 244 g/mol. The first-order valence-electron chi connectivity index (χ1n) is 5.38. The normalized spacial score (nSPS) is 11.9. The summed E-state index contributed by atoms with van der Waals surface area (Å²) in [6, 6.07) is -0.363. The Bertz CT molecular complexity index is 238. The van der Waals surface area contributed by atoms with Gasteiger partial charge in [0.15, 0.2) is 6.10 Å². The van der Waals surface area contributed by atoms with Gasteiger partial charge in [0.2, 0.25) is 0 Å². The van der Waals surface area contributed by atoms with Crippen molar-refractivity contribution < 1.29 is 19.4 Å². The number of carboxylic acids is 1. The van der Waals surface area contributed by atoms with Crippen molar-refractivity contribution in [3.8, 4) is 0 Å². The molecule has 0 aromatic carbocycles. The molecule has 6 nitrogen and oxygen atoms in total. The molecule has 0 aliphatic carbocycles. The molecule has 0 rings (SSSR count). The molecule has 0 aliphatic rings. The molecular formula is C10H20N2O4S. The molecule has 0 aromatic rings. The highest BCUT2D eigenvalue weighted by Crippen LogP contribution is 1.97. The molecule has 0 radical (unpaired) electrons. The average molecular weight is 264 g/mol. The van der Waals surface area contributed by atoms with Gasteiger partial charge in [0.1, 0.15) is 0 Å². The number of ether oxygens (including phenoxy) is 1. The van der Waals surface area contributed by atoms with Crippen molar-refractivity contribution in [2.24, 2.45) is 0 Å². The van der Waals surface area contributed by atoms with Gasteiger partial charge in [-0.05, 0) is 24.9 Å². The van der Waals surface area contributed by atoms with E-state index < -0.39 is 12.1 Å². The number of hydrogen-bond acceptors (Lipinski definition) is 4. The summed E-state index contributed by atoms with van der Waals surface area (Å²) in [7, 11) is 1.29. The van der Waals surface area contributed by atoms with Gasteiger partial charge in [0, 0.05) is 13.7 Å². The van der Waals surface area contributed by atoms with Crippen molar-refractivity contribution in [2.75, 3.05) is 32.2 Å².